The Morgan fingerprint density at radius 2 is 2.09 bits per heavy atom. The molecular weight excluding hydrogens is 332 g/mol. The number of aromatic nitrogens is 1. The van der Waals surface area contributed by atoms with E-state index in [2.05, 4.69) is 9.71 Å². The fourth-order valence-corrected chi connectivity index (χ4v) is 4.27. The molecule has 0 spiro atoms. The van der Waals surface area contributed by atoms with E-state index >= 15 is 0 Å². The average molecular weight is 348 g/mol. The van der Waals surface area contributed by atoms with Crippen molar-refractivity contribution in [1.82, 2.24) is 9.71 Å². The summed E-state index contributed by atoms with van der Waals surface area (Å²) in [5.41, 5.74) is 4.51. The van der Waals surface area contributed by atoms with Crippen molar-refractivity contribution in [2.45, 2.75) is 25.7 Å². The molecule has 0 saturated carbocycles. The number of rotatable bonds is 5. The molecule has 0 fully saturated rings. The molecule has 0 unspecified atom stereocenters. The number of carbonyl (C=O) groups is 1. The summed E-state index contributed by atoms with van der Waals surface area (Å²) in [5, 5.41) is 1.85. The first-order valence-corrected chi connectivity index (χ1v) is 9.68. The molecule has 23 heavy (non-hydrogen) atoms. The first kappa shape index (κ1) is 15.9. The van der Waals surface area contributed by atoms with Gasteiger partial charge in [0.2, 0.25) is 5.91 Å². The molecule has 0 atom stereocenters. The number of fused-ring (bicyclic) bond motifs is 1. The van der Waals surface area contributed by atoms with Crippen molar-refractivity contribution in [2.75, 3.05) is 0 Å². The minimum Gasteiger partial charge on any atom is -0.274 e. The fraction of sp³-hybridized carbons (Fsp3) is 0.250. The first-order valence-electron chi connectivity index (χ1n) is 7.26. The Bertz CT molecular complexity index is 840. The van der Waals surface area contributed by atoms with Gasteiger partial charge in [-0.05, 0) is 36.5 Å². The van der Waals surface area contributed by atoms with Crippen LogP contribution in [0.5, 0.6) is 0 Å². The van der Waals surface area contributed by atoms with E-state index in [4.69, 9.17) is 0 Å². The summed E-state index contributed by atoms with van der Waals surface area (Å²) in [4.78, 5) is 16.2. The molecule has 1 heterocycles. The number of nitrogens with one attached hydrogen (secondary N) is 1. The molecule has 1 aliphatic rings. The highest BCUT2D eigenvalue weighted by Crippen LogP contribution is 2.26. The maximum atomic E-state index is 12.4. The van der Waals surface area contributed by atoms with Gasteiger partial charge in [-0.2, -0.15) is 0 Å². The van der Waals surface area contributed by atoms with Crippen LogP contribution >= 0.6 is 11.3 Å². The van der Waals surface area contributed by atoms with Gasteiger partial charge in [0.1, 0.15) is 0 Å². The highest BCUT2D eigenvalue weighted by Gasteiger charge is 2.23. The number of benzene rings is 1. The third kappa shape index (κ3) is 3.86. The lowest BCUT2D eigenvalue weighted by Gasteiger charge is -2.16. The van der Waals surface area contributed by atoms with Gasteiger partial charge in [-0.25, -0.2) is 18.1 Å². The highest BCUT2D eigenvalue weighted by molar-refractivity contribution is 7.94. The molecule has 2 aromatic rings. The van der Waals surface area contributed by atoms with Gasteiger partial charge in [0.05, 0.1) is 16.1 Å². The number of hydrogen-bond acceptors (Lipinski definition) is 5. The van der Waals surface area contributed by atoms with Crippen LogP contribution in [0.2, 0.25) is 0 Å². The summed E-state index contributed by atoms with van der Waals surface area (Å²) < 4.78 is 26.9. The van der Waals surface area contributed by atoms with Crippen LogP contribution in [-0.2, 0) is 27.7 Å². The summed E-state index contributed by atoms with van der Waals surface area (Å²) >= 11 is 1.45. The van der Waals surface area contributed by atoms with Crippen LogP contribution in [0.25, 0.3) is 6.08 Å². The maximum Gasteiger partial charge on any atom is 0.260 e. The van der Waals surface area contributed by atoms with Crippen molar-refractivity contribution < 1.29 is 13.2 Å². The van der Waals surface area contributed by atoms with Crippen LogP contribution in [0.1, 0.15) is 29.7 Å². The van der Waals surface area contributed by atoms with Gasteiger partial charge in [0.25, 0.3) is 10.0 Å². The van der Waals surface area contributed by atoms with Gasteiger partial charge in [0.15, 0.2) is 0 Å². The minimum absolute atomic E-state index is 0.104. The van der Waals surface area contributed by atoms with E-state index in [0.29, 0.717) is 19.3 Å². The van der Waals surface area contributed by atoms with E-state index < -0.39 is 15.9 Å². The van der Waals surface area contributed by atoms with Gasteiger partial charge in [0, 0.05) is 11.8 Å². The summed E-state index contributed by atoms with van der Waals surface area (Å²) in [7, 11) is -3.77. The van der Waals surface area contributed by atoms with E-state index in [9.17, 15) is 13.2 Å². The lowest BCUT2D eigenvalue weighted by molar-refractivity contribution is -0.119. The third-order valence-corrected chi connectivity index (χ3v) is 5.84. The van der Waals surface area contributed by atoms with Crippen molar-refractivity contribution in [2.24, 2.45) is 0 Å². The zero-order chi connectivity index (χ0) is 16.3. The van der Waals surface area contributed by atoms with E-state index in [1.165, 1.54) is 11.3 Å². The lowest BCUT2D eigenvalue weighted by Crippen LogP contribution is -2.32. The molecule has 1 aromatic carbocycles. The predicted octanol–water partition coefficient (Wildman–Crippen LogP) is 2.51. The molecule has 1 aromatic heterocycles. The predicted molar refractivity (Wildman–Crippen MR) is 90.2 cm³/mol. The van der Waals surface area contributed by atoms with Gasteiger partial charge >= 0.3 is 0 Å². The van der Waals surface area contributed by atoms with Crippen molar-refractivity contribution >= 4 is 33.3 Å². The second-order valence-corrected chi connectivity index (χ2v) is 7.77. The molecule has 1 N–H and O–H groups in total. The Morgan fingerprint density at radius 3 is 2.87 bits per heavy atom. The number of sulfonamides is 1. The molecule has 1 amide bonds. The number of carbonyl (C=O) groups excluding carboxylic acids is 1. The number of thiazole rings is 1. The topological polar surface area (TPSA) is 76.1 Å². The van der Waals surface area contributed by atoms with Crippen LogP contribution in [0.15, 0.2) is 40.1 Å². The van der Waals surface area contributed by atoms with Crippen LogP contribution in [0, 0.1) is 0 Å². The fourth-order valence-electron chi connectivity index (χ4n) is 2.49. The molecule has 3 rings (SSSR count). The molecule has 7 heteroatoms. The Balaban J connectivity index is 1.67. The van der Waals surface area contributed by atoms with Crippen LogP contribution in [0.4, 0.5) is 0 Å². The zero-order valence-electron chi connectivity index (χ0n) is 12.4. The van der Waals surface area contributed by atoms with Crippen molar-refractivity contribution in [3.63, 3.8) is 0 Å². The Kier molecular flexibility index (Phi) is 4.58. The largest absolute Gasteiger partial charge is 0.274 e. The number of nitrogens with zero attached hydrogens (tertiary/aromatic N) is 1. The smallest absolute Gasteiger partial charge is 0.260 e. The summed E-state index contributed by atoms with van der Waals surface area (Å²) in [6, 6.07) is 7.68. The normalized spacial score (nSPS) is 14.0. The van der Waals surface area contributed by atoms with Crippen LogP contribution in [0.3, 0.4) is 0 Å². The average Bonchev–Trinajstić information content (AvgIpc) is 3.05. The molecule has 1 aliphatic carbocycles. The Hall–Kier alpha value is -1.99. The molecule has 0 aliphatic heterocycles. The number of aryl methyl sites for hydroxylation is 2. The van der Waals surface area contributed by atoms with E-state index in [0.717, 1.165) is 16.8 Å². The van der Waals surface area contributed by atoms with Crippen molar-refractivity contribution in [1.29, 1.82) is 0 Å². The van der Waals surface area contributed by atoms with Crippen LogP contribution < -0.4 is 4.72 Å². The molecule has 0 radical (unpaired) electrons. The summed E-state index contributed by atoms with van der Waals surface area (Å²) in [6.45, 7) is 0. The van der Waals surface area contributed by atoms with Crippen molar-refractivity contribution in [3.05, 3.63) is 56.9 Å². The standard InChI is InChI=1S/C16H16N2O3S2/c19-16(8-6-14-10-22-11-17-14)18-23(20,21)15-7-5-12-3-1-2-4-13(12)9-15/h1-4,9-11H,5-8H2,(H,18,19). The zero-order valence-corrected chi connectivity index (χ0v) is 14.0. The van der Waals surface area contributed by atoms with Gasteiger partial charge in [-0.15, -0.1) is 11.3 Å². The molecule has 0 saturated heterocycles. The molecular formula is C16H16N2O3S2. The summed E-state index contributed by atoms with van der Waals surface area (Å²) in [6.07, 6.45) is 3.26. The Labute approximate surface area is 139 Å². The highest BCUT2D eigenvalue weighted by atomic mass is 32.2. The maximum absolute atomic E-state index is 12.4. The van der Waals surface area contributed by atoms with Gasteiger partial charge in [-0.1, -0.05) is 24.3 Å². The number of allylic oxidation sites excluding steroid dienone is 1. The van der Waals surface area contributed by atoms with Gasteiger partial charge in [-0.3, -0.25) is 4.79 Å². The monoisotopic (exact) mass is 348 g/mol. The SMILES string of the molecule is O=C(CCc1cscn1)NS(=O)(=O)C1=Cc2ccccc2CC1. The second kappa shape index (κ2) is 6.64. The minimum atomic E-state index is -3.77. The third-order valence-electron chi connectivity index (χ3n) is 3.70. The number of amides is 1. The molecule has 120 valence electrons. The number of hydrogen-bond donors (Lipinski definition) is 1. The second-order valence-electron chi connectivity index (χ2n) is 5.32. The van der Waals surface area contributed by atoms with Crippen LogP contribution in [-0.4, -0.2) is 19.3 Å². The van der Waals surface area contributed by atoms with E-state index in [1.54, 1.807) is 11.6 Å². The lowest BCUT2D eigenvalue weighted by atomic mass is 9.98. The first-order chi connectivity index (χ1) is 11.0. The van der Waals surface area contributed by atoms with Crippen molar-refractivity contribution in [3.8, 4) is 0 Å². The van der Waals surface area contributed by atoms with E-state index in [-0.39, 0.29) is 11.3 Å². The van der Waals surface area contributed by atoms with Gasteiger partial charge < -0.3 is 0 Å². The van der Waals surface area contributed by atoms with E-state index in [1.807, 2.05) is 29.6 Å². The Morgan fingerprint density at radius 1 is 1.26 bits per heavy atom. The molecule has 5 nitrogen and oxygen atoms in total. The molecule has 0 bridgehead atoms. The quantitative estimate of drug-likeness (QED) is 0.901. The summed E-state index contributed by atoms with van der Waals surface area (Å²) in [5.74, 6) is -0.502.